The van der Waals surface area contributed by atoms with Crippen LogP contribution in [0, 0.1) is 0 Å². The maximum absolute atomic E-state index is 12.3. The fourth-order valence-corrected chi connectivity index (χ4v) is 3.71. The first-order valence-electron chi connectivity index (χ1n) is 9.23. The normalized spacial score (nSPS) is 18.1. The van der Waals surface area contributed by atoms with Crippen LogP contribution < -0.4 is 5.32 Å². The van der Waals surface area contributed by atoms with Crippen LogP contribution in [0.3, 0.4) is 0 Å². The molecule has 1 N–H and O–H groups in total. The zero-order valence-electron chi connectivity index (χ0n) is 16.6. The first kappa shape index (κ1) is 20.3. The predicted octanol–water partition coefficient (Wildman–Crippen LogP) is 2.84. The van der Waals surface area contributed by atoms with Crippen LogP contribution in [0.1, 0.15) is 33.6 Å². The molecule has 2 heterocycles. The number of rotatable bonds is 3. The Bertz CT molecular complexity index is 985. The first-order chi connectivity index (χ1) is 13.0. The summed E-state index contributed by atoms with van der Waals surface area (Å²) in [6, 6.07) is 4.79. The fraction of sp³-hybridized carbons (Fsp3) is 0.526. The van der Waals surface area contributed by atoms with E-state index in [0.717, 1.165) is 18.2 Å². The van der Waals surface area contributed by atoms with Crippen molar-refractivity contribution < 1.29 is 17.9 Å². The van der Waals surface area contributed by atoms with Gasteiger partial charge in [0.15, 0.2) is 9.84 Å². The highest BCUT2D eigenvalue weighted by atomic mass is 32.2. The molecule has 0 saturated carbocycles. The SMILES string of the molecule is CC(C)(C)OC(=O)N1CCCC(Nc2ncc3ccc(S(C)(=O)=O)cc3n2)C1. The second-order valence-electron chi connectivity index (χ2n) is 8.10. The van der Waals surface area contributed by atoms with Crippen molar-refractivity contribution >= 4 is 32.8 Å². The summed E-state index contributed by atoms with van der Waals surface area (Å²) in [4.78, 5) is 23.0. The Morgan fingerprint density at radius 2 is 2.07 bits per heavy atom. The molecule has 0 spiro atoms. The number of likely N-dealkylation sites (tertiary alicyclic amines) is 1. The quantitative estimate of drug-likeness (QED) is 0.836. The number of benzene rings is 1. The van der Waals surface area contributed by atoms with Gasteiger partial charge in [0.2, 0.25) is 5.95 Å². The number of nitrogens with one attached hydrogen (secondary N) is 1. The lowest BCUT2D eigenvalue weighted by Crippen LogP contribution is -2.47. The molecule has 8 nitrogen and oxygen atoms in total. The van der Waals surface area contributed by atoms with Crippen molar-refractivity contribution in [1.82, 2.24) is 14.9 Å². The van der Waals surface area contributed by atoms with Crippen molar-refractivity contribution in [1.29, 1.82) is 0 Å². The average molecular weight is 407 g/mol. The van der Waals surface area contributed by atoms with Crippen molar-refractivity contribution in [3.05, 3.63) is 24.4 Å². The van der Waals surface area contributed by atoms with E-state index < -0.39 is 15.4 Å². The van der Waals surface area contributed by atoms with E-state index in [9.17, 15) is 13.2 Å². The van der Waals surface area contributed by atoms with Crippen LogP contribution in [0.25, 0.3) is 10.9 Å². The number of amides is 1. The van der Waals surface area contributed by atoms with E-state index in [4.69, 9.17) is 4.74 Å². The summed E-state index contributed by atoms with van der Waals surface area (Å²) in [5.74, 6) is 0.411. The monoisotopic (exact) mass is 406 g/mol. The van der Waals surface area contributed by atoms with Crippen LogP contribution in [0.15, 0.2) is 29.3 Å². The second-order valence-corrected chi connectivity index (χ2v) is 10.1. The Balaban J connectivity index is 1.73. The standard InChI is InChI=1S/C19H26N4O4S/c1-19(2,3)27-18(24)23-9-5-6-14(12-23)21-17-20-11-13-7-8-15(28(4,25)26)10-16(13)22-17/h7-8,10-11,14H,5-6,9,12H2,1-4H3,(H,20,21,22). The molecule has 3 rings (SSSR count). The highest BCUT2D eigenvalue weighted by Gasteiger charge is 2.28. The number of sulfone groups is 1. The third-order valence-electron chi connectivity index (χ3n) is 4.39. The minimum atomic E-state index is -3.31. The Hall–Kier alpha value is -2.42. The molecule has 1 aliphatic rings. The van der Waals surface area contributed by atoms with Gasteiger partial charge < -0.3 is 15.0 Å². The lowest BCUT2D eigenvalue weighted by molar-refractivity contribution is 0.0206. The van der Waals surface area contributed by atoms with E-state index in [1.165, 1.54) is 6.26 Å². The number of piperidine rings is 1. The van der Waals surface area contributed by atoms with E-state index in [2.05, 4.69) is 15.3 Å². The highest BCUT2D eigenvalue weighted by molar-refractivity contribution is 7.90. The smallest absolute Gasteiger partial charge is 0.410 e. The highest BCUT2D eigenvalue weighted by Crippen LogP contribution is 2.20. The summed E-state index contributed by atoms with van der Waals surface area (Å²) in [6.45, 7) is 6.69. The van der Waals surface area contributed by atoms with Gasteiger partial charge >= 0.3 is 6.09 Å². The van der Waals surface area contributed by atoms with Crippen molar-refractivity contribution in [2.45, 2.75) is 50.2 Å². The zero-order chi connectivity index (χ0) is 20.5. The molecule has 2 aromatic rings. The fourth-order valence-electron chi connectivity index (χ4n) is 3.07. The summed E-state index contributed by atoms with van der Waals surface area (Å²) in [5, 5.41) is 4.02. The van der Waals surface area contributed by atoms with Gasteiger partial charge in [-0.3, -0.25) is 0 Å². The maximum Gasteiger partial charge on any atom is 0.410 e. The number of anilines is 1. The van der Waals surface area contributed by atoms with Gasteiger partial charge in [0.05, 0.1) is 10.4 Å². The minimum Gasteiger partial charge on any atom is -0.444 e. The molecule has 0 bridgehead atoms. The maximum atomic E-state index is 12.3. The van der Waals surface area contributed by atoms with Gasteiger partial charge in [0.25, 0.3) is 0 Å². The summed E-state index contributed by atoms with van der Waals surface area (Å²) in [6.07, 6.45) is 4.23. The van der Waals surface area contributed by atoms with Crippen LogP contribution in [0.5, 0.6) is 0 Å². The minimum absolute atomic E-state index is 0.00295. The Morgan fingerprint density at radius 1 is 1.32 bits per heavy atom. The molecular weight excluding hydrogens is 380 g/mol. The molecule has 1 unspecified atom stereocenters. The third kappa shape index (κ3) is 5.09. The first-order valence-corrected chi connectivity index (χ1v) is 11.1. The van der Waals surface area contributed by atoms with Crippen molar-refractivity contribution in [2.75, 3.05) is 24.7 Å². The molecular formula is C19H26N4O4S. The Labute approximate surface area is 165 Å². The van der Waals surface area contributed by atoms with E-state index >= 15 is 0 Å². The largest absolute Gasteiger partial charge is 0.444 e. The van der Waals surface area contributed by atoms with Crippen molar-refractivity contribution in [3.63, 3.8) is 0 Å². The molecule has 1 aliphatic heterocycles. The van der Waals surface area contributed by atoms with Gasteiger partial charge in [0, 0.05) is 37.0 Å². The van der Waals surface area contributed by atoms with Gasteiger partial charge in [-0.2, -0.15) is 0 Å². The van der Waals surface area contributed by atoms with Crippen LogP contribution in [0.2, 0.25) is 0 Å². The van der Waals surface area contributed by atoms with Gasteiger partial charge in [-0.05, 0) is 51.8 Å². The van der Waals surface area contributed by atoms with Crippen molar-refractivity contribution in [2.24, 2.45) is 0 Å². The molecule has 28 heavy (non-hydrogen) atoms. The molecule has 1 saturated heterocycles. The van der Waals surface area contributed by atoms with Gasteiger partial charge in [-0.25, -0.2) is 23.2 Å². The number of hydrogen-bond donors (Lipinski definition) is 1. The molecule has 1 amide bonds. The summed E-state index contributed by atoms with van der Waals surface area (Å²) in [5.41, 5.74) is 0.0243. The number of ether oxygens (including phenoxy) is 1. The molecule has 1 fully saturated rings. The van der Waals surface area contributed by atoms with Crippen molar-refractivity contribution in [3.8, 4) is 0 Å². The summed E-state index contributed by atoms with van der Waals surface area (Å²) in [7, 11) is -3.31. The molecule has 152 valence electrons. The van der Waals surface area contributed by atoms with Gasteiger partial charge in [-0.15, -0.1) is 0 Å². The number of carbonyl (C=O) groups is 1. The van der Waals surface area contributed by atoms with Crippen LogP contribution >= 0.6 is 0 Å². The number of aromatic nitrogens is 2. The van der Waals surface area contributed by atoms with Crippen LogP contribution in [0.4, 0.5) is 10.7 Å². The lowest BCUT2D eigenvalue weighted by Gasteiger charge is -2.34. The summed E-state index contributed by atoms with van der Waals surface area (Å²) < 4.78 is 29.0. The van der Waals surface area contributed by atoms with E-state index in [0.29, 0.717) is 24.6 Å². The number of carbonyl (C=O) groups excluding carboxylic acids is 1. The molecule has 1 aromatic carbocycles. The molecule has 0 radical (unpaired) electrons. The van der Waals surface area contributed by atoms with Crippen LogP contribution in [-0.2, 0) is 14.6 Å². The molecule has 1 aromatic heterocycles. The van der Waals surface area contributed by atoms with Gasteiger partial charge in [-0.1, -0.05) is 0 Å². The number of fused-ring (bicyclic) bond motifs is 1. The van der Waals surface area contributed by atoms with E-state index in [1.807, 2.05) is 20.8 Å². The lowest BCUT2D eigenvalue weighted by atomic mass is 10.1. The second kappa shape index (κ2) is 7.54. The molecule has 0 aliphatic carbocycles. The number of hydrogen-bond acceptors (Lipinski definition) is 7. The average Bonchev–Trinajstić information content (AvgIpc) is 2.59. The Kier molecular flexibility index (Phi) is 5.47. The van der Waals surface area contributed by atoms with Crippen LogP contribution in [-0.4, -0.2) is 60.4 Å². The van der Waals surface area contributed by atoms with E-state index in [-0.39, 0.29) is 17.0 Å². The predicted molar refractivity (Wildman–Crippen MR) is 107 cm³/mol. The molecule has 9 heteroatoms. The molecule has 1 atom stereocenters. The third-order valence-corrected chi connectivity index (χ3v) is 5.50. The number of nitrogens with zero attached hydrogens (tertiary/aromatic N) is 3. The van der Waals surface area contributed by atoms with Gasteiger partial charge in [0.1, 0.15) is 5.60 Å². The summed E-state index contributed by atoms with van der Waals surface area (Å²) >= 11 is 0. The Morgan fingerprint density at radius 3 is 2.75 bits per heavy atom. The topological polar surface area (TPSA) is 101 Å². The van der Waals surface area contributed by atoms with E-state index in [1.54, 1.807) is 29.3 Å². The zero-order valence-corrected chi connectivity index (χ0v) is 17.4.